The van der Waals surface area contributed by atoms with Crippen molar-refractivity contribution < 1.29 is 17.7 Å². The fraction of sp³-hybridized carbons (Fsp3) is 0.381. The van der Waals surface area contributed by atoms with Crippen molar-refractivity contribution in [3.63, 3.8) is 0 Å². The molecule has 0 fully saturated rings. The molecule has 168 valence electrons. The smallest absolute Gasteiger partial charge is 0.303 e. The first-order valence-corrected chi connectivity index (χ1v) is 9.90. The van der Waals surface area contributed by atoms with Crippen LogP contribution in [0, 0.1) is 6.92 Å². The molecule has 0 atom stereocenters. The average molecular weight is 445 g/mol. The lowest BCUT2D eigenvalue weighted by Crippen LogP contribution is -2.30. The Morgan fingerprint density at radius 3 is 2.75 bits per heavy atom. The normalized spacial score (nSPS) is 16.0. The monoisotopic (exact) mass is 445 g/mol. The van der Waals surface area contributed by atoms with Crippen molar-refractivity contribution in [1.82, 2.24) is 29.6 Å². The van der Waals surface area contributed by atoms with E-state index in [2.05, 4.69) is 30.7 Å². The number of hydrogen-bond donors (Lipinski definition) is 2. The van der Waals surface area contributed by atoms with Crippen LogP contribution in [0.2, 0.25) is 0 Å². The number of fused-ring (bicyclic) bond motifs is 1. The van der Waals surface area contributed by atoms with Crippen LogP contribution in [0.5, 0.6) is 0 Å². The van der Waals surface area contributed by atoms with Crippen LogP contribution in [0.25, 0.3) is 11.3 Å². The number of aromatic nitrogens is 5. The largest absolute Gasteiger partial charge is 0.339 e. The minimum Gasteiger partial charge on any atom is -0.339 e. The van der Waals surface area contributed by atoms with Gasteiger partial charge in [-0.25, -0.2) is 15.0 Å². The number of aryl methyl sites for hydroxylation is 1. The number of rotatable bonds is 5. The number of alkyl halides is 2. The number of amides is 1. The second kappa shape index (κ2) is 8.23. The van der Waals surface area contributed by atoms with Crippen molar-refractivity contribution in [3.8, 4) is 11.3 Å². The third-order valence-corrected chi connectivity index (χ3v) is 4.79. The molecular weight excluding hydrogens is 418 g/mol. The van der Waals surface area contributed by atoms with Crippen molar-refractivity contribution in [1.29, 1.82) is 0 Å². The molecule has 1 aliphatic heterocycles. The SMILES string of the molecule is [2H]C([2H])([2H])N1CCn2nc(-c3cnc(NC(C)=O)cc3Nc3cc(C)nc(C(C)(F)F)n3)cc2C1. The lowest BCUT2D eigenvalue weighted by Gasteiger charge is -2.22. The molecule has 0 unspecified atom stereocenters. The van der Waals surface area contributed by atoms with Gasteiger partial charge in [0.15, 0.2) is 0 Å². The molecule has 0 spiro atoms. The molecule has 9 nitrogen and oxygen atoms in total. The van der Waals surface area contributed by atoms with Gasteiger partial charge in [-0.2, -0.15) is 13.9 Å². The van der Waals surface area contributed by atoms with E-state index in [-0.39, 0.29) is 24.1 Å². The number of hydrogen-bond acceptors (Lipinski definition) is 7. The third kappa shape index (κ3) is 4.72. The second-order valence-electron chi connectivity index (χ2n) is 7.69. The van der Waals surface area contributed by atoms with Crippen molar-refractivity contribution in [2.45, 2.75) is 39.8 Å². The first-order chi connectivity index (χ1) is 16.3. The number of likely N-dealkylation sites (N-methyl/N-ethyl adjacent to an activating group) is 1. The van der Waals surface area contributed by atoms with Crippen LogP contribution in [0.4, 0.5) is 26.1 Å². The Morgan fingerprint density at radius 1 is 1.22 bits per heavy atom. The van der Waals surface area contributed by atoms with Crippen LogP contribution in [-0.2, 0) is 23.8 Å². The highest BCUT2D eigenvalue weighted by atomic mass is 19.3. The Hall–Kier alpha value is -3.47. The highest BCUT2D eigenvalue weighted by molar-refractivity contribution is 5.89. The Balaban J connectivity index is 1.74. The fourth-order valence-electron chi connectivity index (χ4n) is 3.38. The molecule has 0 aliphatic carbocycles. The van der Waals surface area contributed by atoms with Gasteiger partial charge in [-0.3, -0.25) is 14.4 Å². The molecule has 1 amide bonds. The van der Waals surface area contributed by atoms with Gasteiger partial charge in [-0.15, -0.1) is 0 Å². The highest BCUT2D eigenvalue weighted by Gasteiger charge is 2.29. The molecule has 0 aromatic carbocycles. The quantitative estimate of drug-likeness (QED) is 0.621. The van der Waals surface area contributed by atoms with E-state index in [0.29, 0.717) is 41.4 Å². The molecule has 4 heterocycles. The summed E-state index contributed by atoms with van der Waals surface area (Å²) in [5, 5.41) is 10.2. The summed E-state index contributed by atoms with van der Waals surface area (Å²) in [6.07, 6.45) is 1.49. The molecule has 32 heavy (non-hydrogen) atoms. The standard InChI is InChI=1S/C21H24F2N8O/c1-12-7-19(28-20(25-12)21(3,22)23)27-16-9-18(26-13(2)32)24-10-15(16)17-8-14-11-30(4)5-6-31(14)29-17/h7-10H,5-6,11H2,1-4H3,(H2,24,25,26,27,28,32)/i4D3. The van der Waals surface area contributed by atoms with Crippen molar-refractivity contribution in [2.24, 2.45) is 0 Å². The number of nitrogens with one attached hydrogen (secondary N) is 2. The lowest BCUT2D eigenvalue weighted by molar-refractivity contribution is -0.114. The molecule has 0 saturated carbocycles. The molecule has 2 N–H and O–H groups in total. The van der Waals surface area contributed by atoms with Gasteiger partial charge in [-0.1, -0.05) is 0 Å². The number of carbonyl (C=O) groups excluding carboxylic acids is 1. The lowest BCUT2D eigenvalue weighted by atomic mass is 10.1. The molecule has 11 heteroatoms. The summed E-state index contributed by atoms with van der Waals surface area (Å²) < 4.78 is 52.5. The summed E-state index contributed by atoms with van der Waals surface area (Å²) in [6.45, 7) is 2.34. The molecular formula is C21H24F2N8O. The first-order valence-electron chi connectivity index (χ1n) is 11.4. The number of anilines is 3. The topological polar surface area (TPSA) is 101 Å². The molecule has 0 bridgehead atoms. The third-order valence-electron chi connectivity index (χ3n) is 4.79. The van der Waals surface area contributed by atoms with Crippen LogP contribution in [-0.4, -0.2) is 49.1 Å². The zero-order chi connectivity index (χ0) is 25.5. The predicted molar refractivity (Wildman–Crippen MR) is 116 cm³/mol. The van der Waals surface area contributed by atoms with E-state index in [1.807, 2.05) is 0 Å². The fourth-order valence-corrected chi connectivity index (χ4v) is 3.38. The van der Waals surface area contributed by atoms with Gasteiger partial charge in [0.25, 0.3) is 0 Å². The molecule has 0 saturated heterocycles. The summed E-state index contributed by atoms with van der Waals surface area (Å²) in [6, 6.07) is 4.82. The number of halogens is 2. The van der Waals surface area contributed by atoms with E-state index in [4.69, 9.17) is 4.11 Å². The predicted octanol–water partition coefficient (Wildman–Crippen LogP) is 3.30. The molecule has 4 rings (SSSR count). The minimum absolute atomic E-state index is 0.132. The summed E-state index contributed by atoms with van der Waals surface area (Å²) in [7, 11) is 0. The Morgan fingerprint density at radius 2 is 2.03 bits per heavy atom. The van der Waals surface area contributed by atoms with E-state index in [1.165, 1.54) is 24.1 Å². The Kier molecular flexibility index (Phi) is 4.66. The van der Waals surface area contributed by atoms with E-state index >= 15 is 0 Å². The zero-order valence-corrected chi connectivity index (χ0v) is 17.8. The number of nitrogens with zero attached hydrogens (tertiary/aromatic N) is 6. The summed E-state index contributed by atoms with van der Waals surface area (Å²) >= 11 is 0. The van der Waals surface area contributed by atoms with Crippen molar-refractivity contribution >= 4 is 23.2 Å². The second-order valence-corrected chi connectivity index (χ2v) is 7.69. The Labute approximate surface area is 188 Å². The first kappa shape index (κ1) is 18.1. The summed E-state index contributed by atoms with van der Waals surface area (Å²) in [4.78, 5) is 25.0. The zero-order valence-electron chi connectivity index (χ0n) is 20.8. The van der Waals surface area contributed by atoms with Gasteiger partial charge in [-0.05, 0) is 20.0 Å². The minimum atomic E-state index is -3.23. The van der Waals surface area contributed by atoms with Gasteiger partial charge in [0, 0.05) is 60.6 Å². The molecule has 3 aromatic rings. The maximum atomic E-state index is 13.9. The maximum Gasteiger partial charge on any atom is 0.303 e. The Bertz CT molecular complexity index is 1270. The van der Waals surface area contributed by atoms with Crippen LogP contribution < -0.4 is 10.6 Å². The van der Waals surface area contributed by atoms with Gasteiger partial charge in [0.1, 0.15) is 11.6 Å². The van der Waals surface area contributed by atoms with Crippen LogP contribution in [0.1, 0.15) is 35.2 Å². The molecule has 0 radical (unpaired) electrons. The van der Waals surface area contributed by atoms with Gasteiger partial charge >= 0.3 is 5.92 Å². The van der Waals surface area contributed by atoms with Gasteiger partial charge < -0.3 is 10.6 Å². The van der Waals surface area contributed by atoms with Crippen molar-refractivity contribution in [3.05, 3.63) is 41.6 Å². The molecule has 1 aliphatic rings. The van der Waals surface area contributed by atoms with E-state index in [9.17, 15) is 13.6 Å². The van der Waals surface area contributed by atoms with Crippen molar-refractivity contribution in [2.75, 3.05) is 24.2 Å². The van der Waals surface area contributed by atoms with E-state index < -0.39 is 18.7 Å². The number of pyridine rings is 1. The highest BCUT2D eigenvalue weighted by Crippen LogP contribution is 2.33. The van der Waals surface area contributed by atoms with Crippen LogP contribution in [0.3, 0.4) is 0 Å². The van der Waals surface area contributed by atoms with E-state index in [1.54, 1.807) is 23.7 Å². The maximum absolute atomic E-state index is 13.9. The van der Waals surface area contributed by atoms with Crippen LogP contribution >= 0.6 is 0 Å². The number of carbonyl (C=O) groups is 1. The van der Waals surface area contributed by atoms with Gasteiger partial charge in [0.2, 0.25) is 11.7 Å². The summed E-state index contributed by atoms with van der Waals surface area (Å²) in [5.74, 6) is -3.81. The molecule has 3 aromatic heterocycles. The van der Waals surface area contributed by atoms with Crippen LogP contribution in [0.15, 0.2) is 24.4 Å². The van der Waals surface area contributed by atoms with Gasteiger partial charge in [0.05, 0.1) is 23.6 Å². The average Bonchev–Trinajstić information content (AvgIpc) is 3.15. The summed E-state index contributed by atoms with van der Waals surface area (Å²) in [5.41, 5.74) is 2.49. The van der Waals surface area contributed by atoms with E-state index in [0.717, 1.165) is 6.92 Å².